The average molecular weight is 278 g/mol. The van der Waals surface area contributed by atoms with Gasteiger partial charge in [0, 0.05) is 32.3 Å². The summed E-state index contributed by atoms with van der Waals surface area (Å²) in [7, 11) is 0. The highest BCUT2D eigenvalue weighted by Crippen LogP contribution is 2.12. The summed E-state index contributed by atoms with van der Waals surface area (Å²) in [6, 6.07) is 1.66. The van der Waals surface area contributed by atoms with E-state index in [1.165, 1.54) is 0 Å². The van der Waals surface area contributed by atoms with Crippen molar-refractivity contribution >= 4 is 17.5 Å². The molecule has 0 spiro atoms. The summed E-state index contributed by atoms with van der Waals surface area (Å²) < 4.78 is 0. The van der Waals surface area contributed by atoms with E-state index in [1.54, 1.807) is 18.5 Å². The first-order chi connectivity index (χ1) is 9.69. The number of pyridine rings is 1. The molecule has 1 heterocycles. The first kappa shape index (κ1) is 15.9. The van der Waals surface area contributed by atoms with Crippen LogP contribution in [-0.4, -0.2) is 36.4 Å². The Labute approximate surface area is 119 Å². The van der Waals surface area contributed by atoms with Gasteiger partial charge in [-0.2, -0.15) is 0 Å². The van der Waals surface area contributed by atoms with E-state index in [9.17, 15) is 9.59 Å². The van der Waals surface area contributed by atoms with Gasteiger partial charge in [-0.15, -0.1) is 0 Å². The number of aromatic nitrogens is 1. The summed E-state index contributed by atoms with van der Waals surface area (Å²) in [5, 5.41) is 8.58. The van der Waals surface area contributed by atoms with Crippen molar-refractivity contribution in [1.82, 2.24) is 15.6 Å². The highest BCUT2D eigenvalue weighted by atomic mass is 16.2. The minimum Gasteiger partial charge on any atom is -0.383 e. The van der Waals surface area contributed by atoms with Crippen LogP contribution >= 0.6 is 0 Å². The summed E-state index contributed by atoms with van der Waals surface area (Å²) in [5.41, 5.74) is 1.23. The molecule has 0 bridgehead atoms. The fourth-order valence-corrected chi connectivity index (χ4v) is 1.66. The molecule has 0 saturated carbocycles. The minimum atomic E-state index is -0.202. The van der Waals surface area contributed by atoms with Gasteiger partial charge < -0.3 is 16.0 Å². The van der Waals surface area contributed by atoms with E-state index < -0.39 is 0 Å². The number of anilines is 1. The van der Waals surface area contributed by atoms with Crippen molar-refractivity contribution < 1.29 is 9.59 Å². The van der Waals surface area contributed by atoms with Gasteiger partial charge in [-0.3, -0.25) is 14.6 Å². The SMILES string of the molecule is CCCNC(=O)CCNC(=O)c1ccncc1NCC. The third-order valence-electron chi connectivity index (χ3n) is 2.64. The Morgan fingerprint density at radius 2 is 2.00 bits per heavy atom. The van der Waals surface area contributed by atoms with Gasteiger partial charge in [-0.05, 0) is 19.4 Å². The lowest BCUT2D eigenvalue weighted by molar-refractivity contribution is -0.120. The Hall–Kier alpha value is -2.11. The second-order valence-electron chi connectivity index (χ2n) is 4.31. The second kappa shape index (κ2) is 8.90. The molecule has 0 fully saturated rings. The second-order valence-corrected chi connectivity index (χ2v) is 4.31. The lowest BCUT2D eigenvalue weighted by Crippen LogP contribution is -2.31. The Morgan fingerprint density at radius 3 is 2.70 bits per heavy atom. The molecule has 0 aliphatic heterocycles. The van der Waals surface area contributed by atoms with Crippen LogP contribution in [0.15, 0.2) is 18.5 Å². The summed E-state index contributed by atoms with van der Waals surface area (Å²) in [4.78, 5) is 27.4. The molecule has 0 saturated heterocycles. The van der Waals surface area contributed by atoms with Gasteiger partial charge in [0.25, 0.3) is 5.91 Å². The molecule has 0 unspecified atom stereocenters. The molecule has 110 valence electrons. The van der Waals surface area contributed by atoms with Gasteiger partial charge >= 0.3 is 0 Å². The molecule has 2 amide bonds. The fourth-order valence-electron chi connectivity index (χ4n) is 1.66. The van der Waals surface area contributed by atoms with E-state index in [4.69, 9.17) is 0 Å². The third kappa shape index (κ3) is 5.26. The summed E-state index contributed by atoms with van der Waals surface area (Å²) in [5.74, 6) is -0.250. The van der Waals surface area contributed by atoms with Crippen molar-refractivity contribution in [3.05, 3.63) is 24.0 Å². The average Bonchev–Trinajstić information content (AvgIpc) is 2.46. The lowest BCUT2D eigenvalue weighted by atomic mass is 10.2. The number of carbonyl (C=O) groups is 2. The number of hydrogen-bond donors (Lipinski definition) is 3. The highest BCUT2D eigenvalue weighted by molar-refractivity contribution is 5.99. The zero-order chi connectivity index (χ0) is 14.8. The zero-order valence-electron chi connectivity index (χ0n) is 12.0. The Bertz CT molecular complexity index is 449. The Kier molecular flexibility index (Phi) is 7.10. The van der Waals surface area contributed by atoms with Crippen LogP contribution in [0.2, 0.25) is 0 Å². The van der Waals surface area contributed by atoms with Gasteiger partial charge in [-0.1, -0.05) is 6.92 Å². The standard InChI is InChI=1S/C14H22N4O2/c1-3-7-17-13(19)6-9-18-14(20)11-5-8-15-10-12(11)16-4-2/h5,8,10,16H,3-4,6-7,9H2,1-2H3,(H,17,19)(H,18,20). The third-order valence-corrected chi connectivity index (χ3v) is 2.64. The largest absolute Gasteiger partial charge is 0.383 e. The van der Waals surface area contributed by atoms with E-state index in [0.29, 0.717) is 30.9 Å². The van der Waals surface area contributed by atoms with Gasteiger partial charge in [0.15, 0.2) is 0 Å². The van der Waals surface area contributed by atoms with Gasteiger partial charge in [0.2, 0.25) is 5.91 Å². The molecular formula is C14H22N4O2. The van der Waals surface area contributed by atoms with Gasteiger partial charge in [0.1, 0.15) is 0 Å². The first-order valence-corrected chi connectivity index (χ1v) is 6.91. The molecule has 1 aromatic heterocycles. The van der Waals surface area contributed by atoms with Crippen molar-refractivity contribution in [2.45, 2.75) is 26.7 Å². The monoisotopic (exact) mass is 278 g/mol. The molecule has 1 aromatic rings. The number of hydrogen-bond acceptors (Lipinski definition) is 4. The maximum Gasteiger partial charge on any atom is 0.253 e. The van der Waals surface area contributed by atoms with Crippen molar-refractivity contribution in [3.63, 3.8) is 0 Å². The van der Waals surface area contributed by atoms with Crippen LogP contribution in [0, 0.1) is 0 Å². The van der Waals surface area contributed by atoms with Crippen LogP contribution in [0.1, 0.15) is 37.0 Å². The topological polar surface area (TPSA) is 83.1 Å². The van der Waals surface area contributed by atoms with Gasteiger partial charge in [-0.25, -0.2) is 0 Å². The van der Waals surface area contributed by atoms with Crippen molar-refractivity contribution in [2.75, 3.05) is 25.0 Å². The predicted octanol–water partition coefficient (Wildman–Crippen LogP) is 1.16. The van der Waals surface area contributed by atoms with Crippen LogP contribution < -0.4 is 16.0 Å². The molecule has 0 atom stereocenters. The summed E-state index contributed by atoms with van der Waals surface area (Å²) in [6.07, 6.45) is 4.38. The molecule has 0 aliphatic carbocycles. The molecule has 3 N–H and O–H groups in total. The molecule has 1 rings (SSSR count). The maximum absolute atomic E-state index is 12.0. The molecule has 6 heteroatoms. The van der Waals surface area contributed by atoms with Gasteiger partial charge in [0.05, 0.1) is 17.4 Å². The summed E-state index contributed by atoms with van der Waals surface area (Å²) >= 11 is 0. The molecule has 0 radical (unpaired) electrons. The number of amides is 2. The van der Waals surface area contributed by atoms with Crippen LogP contribution in [0.5, 0.6) is 0 Å². The molecule has 20 heavy (non-hydrogen) atoms. The van der Waals surface area contributed by atoms with Crippen molar-refractivity contribution in [3.8, 4) is 0 Å². The Morgan fingerprint density at radius 1 is 1.20 bits per heavy atom. The van der Waals surface area contributed by atoms with Crippen molar-refractivity contribution in [1.29, 1.82) is 0 Å². The van der Waals surface area contributed by atoms with Crippen LogP contribution in [0.3, 0.4) is 0 Å². The predicted molar refractivity (Wildman–Crippen MR) is 78.7 cm³/mol. The van der Waals surface area contributed by atoms with Crippen molar-refractivity contribution in [2.24, 2.45) is 0 Å². The zero-order valence-corrected chi connectivity index (χ0v) is 12.0. The smallest absolute Gasteiger partial charge is 0.253 e. The van der Waals surface area contributed by atoms with Crippen LogP contribution in [0.25, 0.3) is 0 Å². The number of nitrogens with one attached hydrogen (secondary N) is 3. The number of nitrogens with zero attached hydrogens (tertiary/aromatic N) is 1. The maximum atomic E-state index is 12.0. The first-order valence-electron chi connectivity index (χ1n) is 6.91. The molecule has 0 aliphatic rings. The van der Waals surface area contributed by atoms with Crippen LogP contribution in [-0.2, 0) is 4.79 Å². The van der Waals surface area contributed by atoms with E-state index >= 15 is 0 Å². The Balaban J connectivity index is 2.45. The van der Waals surface area contributed by atoms with E-state index in [0.717, 1.165) is 6.42 Å². The fraction of sp³-hybridized carbons (Fsp3) is 0.500. The quantitative estimate of drug-likeness (QED) is 0.666. The minimum absolute atomic E-state index is 0.0474. The van der Waals surface area contributed by atoms with E-state index in [-0.39, 0.29) is 18.2 Å². The molecule has 6 nitrogen and oxygen atoms in total. The van der Waals surface area contributed by atoms with Crippen LogP contribution in [0.4, 0.5) is 5.69 Å². The number of rotatable bonds is 8. The lowest BCUT2D eigenvalue weighted by Gasteiger charge is -2.10. The van der Waals surface area contributed by atoms with E-state index in [2.05, 4.69) is 20.9 Å². The van der Waals surface area contributed by atoms with E-state index in [1.807, 2.05) is 13.8 Å². The normalized spacial score (nSPS) is 9.90. The summed E-state index contributed by atoms with van der Waals surface area (Å²) in [6.45, 7) is 5.65. The highest BCUT2D eigenvalue weighted by Gasteiger charge is 2.10. The molecule has 0 aromatic carbocycles. The molecular weight excluding hydrogens is 256 g/mol. The number of carbonyl (C=O) groups excluding carboxylic acids is 2.